The Balaban J connectivity index is 1.81. The van der Waals surface area contributed by atoms with Crippen molar-refractivity contribution < 1.29 is 4.79 Å². The van der Waals surface area contributed by atoms with Gasteiger partial charge in [-0.2, -0.15) is 0 Å². The fourth-order valence-corrected chi connectivity index (χ4v) is 4.20. The topological polar surface area (TPSA) is 94.7 Å². The molecule has 4 aromatic rings. The number of H-pyrrole nitrogens is 2. The summed E-state index contributed by atoms with van der Waals surface area (Å²) in [5, 5.41) is 1.00. The zero-order chi connectivity index (χ0) is 23.9. The van der Waals surface area contributed by atoms with Crippen LogP contribution in [0.25, 0.3) is 22.0 Å². The number of pyridine rings is 1. The van der Waals surface area contributed by atoms with Gasteiger partial charge in [0.05, 0.1) is 17.6 Å². The Hall–Kier alpha value is -3.74. The number of aromatic nitrogens is 4. The Morgan fingerprint density at radius 3 is 2.39 bits per heavy atom. The Morgan fingerprint density at radius 1 is 1.06 bits per heavy atom. The van der Waals surface area contributed by atoms with Gasteiger partial charge in [0.1, 0.15) is 5.82 Å². The SMILES string of the molecule is Cc1ncc(-c2cc(C(=O)N(C)Cc3c(C)cc(C)[nH]c3=O)c3[nH]cc(C(C)C)c3c2)cn1. The Bertz CT molecular complexity index is 1400. The smallest absolute Gasteiger partial charge is 0.256 e. The molecule has 1 aromatic carbocycles. The summed E-state index contributed by atoms with van der Waals surface area (Å²) in [7, 11) is 1.72. The zero-order valence-electron chi connectivity index (χ0n) is 19.9. The number of fused-ring (bicyclic) bond motifs is 1. The standard InChI is InChI=1S/C26H29N5O2/c1-14(2)22-12-29-24-20(22)8-18(19-10-27-17(5)28-11-19)9-21(24)26(33)31(6)13-23-15(3)7-16(4)30-25(23)32/h7-12,14,29H,13H2,1-6H3,(H,30,32). The van der Waals surface area contributed by atoms with Crippen molar-refractivity contribution in [3.8, 4) is 11.1 Å². The van der Waals surface area contributed by atoms with Crippen LogP contribution in [0.3, 0.4) is 0 Å². The van der Waals surface area contributed by atoms with Gasteiger partial charge in [-0.15, -0.1) is 0 Å². The molecule has 0 unspecified atom stereocenters. The van der Waals surface area contributed by atoms with Crippen LogP contribution in [-0.2, 0) is 6.54 Å². The van der Waals surface area contributed by atoms with Crippen molar-refractivity contribution in [3.63, 3.8) is 0 Å². The van der Waals surface area contributed by atoms with Gasteiger partial charge >= 0.3 is 0 Å². The first kappa shape index (κ1) is 22.5. The molecule has 0 atom stereocenters. The summed E-state index contributed by atoms with van der Waals surface area (Å²) in [6.45, 7) is 10.1. The highest BCUT2D eigenvalue weighted by Crippen LogP contribution is 2.33. The zero-order valence-corrected chi connectivity index (χ0v) is 19.9. The Kier molecular flexibility index (Phi) is 5.89. The van der Waals surface area contributed by atoms with Gasteiger partial charge in [0, 0.05) is 47.8 Å². The maximum atomic E-state index is 13.6. The summed E-state index contributed by atoms with van der Waals surface area (Å²) in [4.78, 5) is 42.5. The van der Waals surface area contributed by atoms with E-state index in [9.17, 15) is 9.59 Å². The summed E-state index contributed by atoms with van der Waals surface area (Å²) in [5.74, 6) is 0.822. The first-order chi connectivity index (χ1) is 15.7. The number of carbonyl (C=O) groups excluding carboxylic acids is 1. The van der Waals surface area contributed by atoms with Crippen LogP contribution in [0.5, 0.6) is 0 Å². The molecule has 170 valence electrons. The number of carbonyl (C=O) groups is 1. The van der Waals surface area contributed by atoms with Crippen LogP contribution >= 0.6 is 0 Å². The third kappa shape index (κ3) is 4.31. The van der Waals surface area contributed by atoms with Gasteiger partial charge < -0.3 is 14.9 Å². The predicted octanol–water partition coefficient (Wildman–Crippen LogP) is 4.63. The minimum Gasteiger partial charge on any atom is -0.360 e. The van der Waals surface area contributed by atoms with Gasteiger partial charge in [-0.25, -0.2) is 9.97 Å². The summed E-state index contributed by atoms with van der Waals surface area (Å²) in [5.41, 5.74) is 6.31. The second-order valence-corrected chi connectivity index (χ2v) is 8.97. The molecule has 0 spiro atoms. The normalized spacial score (nSPS) is 11.4. The maximum absolute atomic E-state index is 13.6. The van der Waals surface area contributed by atoms with E-state index < -0.39 is 0 Å². The molecule has 7 heteroatoms. The van der Waals surface area contributed by atoms with Crippen molar-refractivity contribution >= 4 is 16.8 Å². The van der Waals surface area contributed by atoms with Gasteiger partial charge in [0.15, 0.2) is 0 Å². The van der Waals surface area contributed by atoms with Crippen molar-refractivity contribution in [2.75, 3.05) is 7.05 Å². The number of aromatic amines is 2. The van der Waals surface area contributed by atoms with E-state index in [1.165, 1.54) is 0 Å². The fourth-order valence-electron chi connectivity index (χ4n) is 4.20. The lowest BCUT2D eigenvalue weighted by Gasteiger charge is -2.19. The first-order valence-electron chi connectivity index (χ1n) is 11.0. The minimum atomic E-state index is -0.162. The molecule has 0 aliphatic heterocycles. The van der Waals surface area contributed by atoms with E-state index >= 15 is 0 Å². The number of nitrogens with one attached hydrogen (secondary N) is 2. The van der Waals surface area contributed by atoms with Gasteiger partial charge in [-0.05, 0) is 61.6 Å². The van der Waals surface area contributed by atoms with Crippen LogP contribution in [0.15, 0.2) is 41.6 Å². The molecule has 0 saturated heterocycles. The largest absolute Gasteiger partial charge is 0.360 e. The molecule has 33 heavy (non-hydrogen) atoms. The average Bonchev–Trinajstić information content (AvgIpc) is 3.19. The van der Waals surface area contributed by atoms with Crippen LogP contribution in [-0.4, -0.2) is 37.8 Å². The van der Waals surface area contributed by atoms with Crippen molar-refractivity contribution in [3.05, 3.63) is 80.9 Å². The van der Waals surface area contributed by atoms with Gasteiger partial charge in [-0.1, -0.05) is 13.8 Å². The number of hydrogen-bond acceptors (Lipinski definition) is 4. The lowest BCUT2D eigenvalue weighted by atomic mass is 9.96. The van der Waals surface area contributed by atoms with Crippen LogP contribution in [0, 0.1) is 20.8 Å². The lowest BCUT2D eigenvalue weighted by Crippen LogP contribution is -2.30. The van der Waals surface area contributed by atoms with Crippen molar-refractivity contribution in [1.82, 2.24) is 24.8 Å². The molecule has 0 saturated carbocycles. The van der Waals surface area contributed by atoms with Crippen LogP contribution in [0.2, 0.25) is 0 Å². The molecule has 2 N–H and O–H groups in total. The minimum absolute atomic E-state index is 0.161. The van der Waals surface area contributed by atoms with Crippen LogP contribution < -0.4 is 5.56 Å². The van der Waals surface area contributed by atoms with Gasteiger partial charge in [0.25, 0.3) is 11.5 Å². The van der Waals surface area contributed by atoms with Crippen LogP contribution in [0.1, 0.15) is 58.3 Å². The molecule has 7 nitrogen and oxygen atoms in total. The molecular formula is C26H29N5O2. The molecular weight excluding hydrogens is 414 g/mol. The Labute approximate surface area is 192 Å². The van der Waals surface area contributed by atoms with Crippen LogP contribution in [0.4, 0.5) is 0 Å². The summed E-state index contributed by atoms with van der Waals surface area (Å²) >= 11 is 0. The van der Waals surface area contributed by atoms with Gasteiger partial charge in [-0.3, -0.25) is 9.59 Å². The van der Waals surface area contributed by atoms with E-state index in [0.29, 0.717) is 17.0 Å². The Morgan fingerprint density at radius 2 is 1.76 bits per heavy atom. The highest BCUT2D eigenvalue weighted by molar-refractivity contribution is 6.08. The monoisotopic (exact) mass is 443 g/mol. The van der Waals surface area contributed by atoms with E-state index in [1.807, 2.05) is 39.1 Å². The van der Waals surface area contributed by atoms with E-state index in [1.54, 1.807) is 24.3 Å². The van der Waals surface area contributed by atoms with Crippen molar-refractivity contribution in [2.45, 2.75) is 47.1 Å². The van der Waals surface area contributed by atoms with E-state index in [-0.39, 0.29) is 23.9 Å². The number of amides is 1. The van der Waals surface area contributed by atoms with Crippen molar-refractivity contribution in [1.29, 1.82) is 0 Å². The second-order valence-electron chi connectivity index (χ2n) is 8.97. The number of rotatable bonds is 5. The number of nitrogens with zero attached hydrogens (tertiary/aromatic N) is 3. The third-order valence-electron chi connectivity index (χ3n) is 6.02. The molecule has 0 aliphatic rings. The highest BCUT2D eigenvalue weighted by atomic mass is 16.2. The maximum Gasteiger partial charge on any atom is 0.256 e. The molecule has 3 heterocycles. The fraction of sp³-hybridized carbons (Fsp3) is 0.308. The van der Waals surface area contributed by atoms with E-state index in [4.69, 9.17) is 0 Å². The lowest BCUT2D eigenvalue weighted by molar-refractivity contribution is 0.0786. The van der Waals surface area contributed by atoms with E-state index in [2.05, 4.69) is 39.8 Å². The molecule has 1 amide bonds. The summed E-state index contributed by atoms with van der Waals surface area (Å²) in [6.07, 6.45) is 5.52. The van der Waals surface area contributed by atoms with E-state index in [0.717, 1.165) is 38.9 Å². The average molecular weight is 444 g/mol. The molecule has 0 bridgehead atoms. The number of hydrogen-bond donors (Lipinski definition) is 2. The molecule has 3 aromatic heterocycles. The quantitative estimate of drug-likeness (QED) is 0.470. The summed E-state index contributed by atoms with van der Waals surface area (Å²) in [6, 6.07) is 5.88. The molecule has 0 radical (unpaired) electrons. The molecule has 4 rings (SSSR count). The van der Waals surface area contributed by atoms with Gasteiger partial charge in [0.2, 0.25) is 0 Å². The van der Waals surface area contributed by atoms with Crippen molar-refractivity contribution in [2.24, 2.45) is 0 Å². The second kappa shape index (κ2) is 8.65. The molecule has 0 aliphatic carbocycles. The summed E-state index contributed by atoms with van der Waals surface area (Å²) < 4.78 is 0. The third-order valence-corrected chi connectivity index (χ3v) is 6.02. The highest BCUT2D eigenvalue weighted by Gasteiger charge is 2.21. The predicted molar refractivity (Wildman–Crippen MR) is 130 cm³/mol. The number of benzene rings is 1. The molecule has 0 fully saturated rings. The number of aryl methyl sites for hydroxylation is 3. The first-order valence-corrected chi connectivity index (χ1v) is 11.0.